The van der Waals surface area contributed by atoms with Crippen LogP contribution in [0.4, 0.5) is 0 Å². The van der Waals surface area contributed by atoms with E-state index in [1.54, 1.807) is 0 Å². The van der Waals surface area contributed by atoms with Crippen molar-refractivity contribution < 1.29 is 0 Å². The second kappa shape index (κ2) is 6.40. The summed E-state index contributed by atoms with van der Waals surface area (Å²) in [6.07, 6.45) is 2.98. The predicted molar refractivity (Wildman–Crippen MR) is 62.1 cm³/mol. The first-order valence-electron chi connectivity index (χ1n) is 4.25. The minimum absolute atomic E-state index is 0.881. The fraction of sp³-hybridized carbons (Fsp3) is 0.444. The van der Waals surface area contributed by atoms with E-state index in [-0.39, 0.29) is 0 Å². The Hall–Kier alpha value is -0.0600. The summed E-state index contributed by atoms with van der Waals surface area (Å²) in [6.45, 7) is 1.90. The molecule has 1 heterocycles. The molecule has 0 unspecified atom stereocenters. The van der Waals surface area contributed by atoms with E-state index in [9.17, 15) is 0 Å². The lowest BCUT2D eigenvalue weighted by molar-refractivity contribution is 0.677. The first kappa shape index (κ1) is 11.0. The SMILES string of the molecule is SCCCNCc1ccc(Br)nc1. The molecule has 1 aromatic rings. The number of halogens is 1. The maximum absolute atomic E-state index is 4.14. The summed E-state index contributed by atoms with van der Waals surface area (Å²) in [6, 6.07) is 4.01. The average Bonchev–Trinajstić information content (AvgIpc) is 2.15. The van der Waals surface area contributed by atoms with E-state index < -0.39 is 0 Å². The third kappa shape index (κ3) is 4.64. The molecule has 0 amide bonds. The van der Waals surface area contributed by atoms with Crippen molar-refractivity contribution in [1.29, 1.82) is 0 Å². The van der Waals surface area contributed by atoms with Crippen LogP contribution in [-0.2, 0) is 6.54 Å². The van der Waals surface area contributed by atoms with E-state index in [0.29, 0.717) is 0 Å². The van der Waals surface area contributed by atoms with Crippen LogP contribution in [0.25, 0.3) is 0 Å². The highest BCUT2D eigenvalue weighted by molar-refractivity contribution is 9.10. The second-order valence-electron chi connectivity index (χ2n) is 2.74. The Bertz CT molecular complexity index is 238. The van der Waals surface area contributed by atoms with Gasteiger partial charge < -0.3 is 5.32 Å². The van der Waals surface area contributed by atoms with Crippen LogP contribution in [0.3, 0.4) is 0 Å². The molecule has 0 aromatic carbocycles. The summed E-state index contributed by atoms with van der Waals surface area (Å²) in [5.41, 5.74) is 1.21. The number of aromatic nitrogens is 1. The van der Waals surface area contributed by atoms with Gasteiger partial charge in [-0.3, -0.25) is 0 Å². The zero-order valence-corrected chi connectivity index (χ0v) is 9.81. The Labute approximate surface area is 92.7 Å². The molecule has 0 saturated heterocycles. The van der Waals surface area contributed by atoms with Crippen LogP contribution in [0.2, 0.25) is 0 Å². The normalized spacial score (nSPS) is 10.3. The number of thiol groups is 1. The number of pyridine rings is 1. The fourth-order valence-electron chi connectivity index (χ4n) is 0.948. The highest BCUT2D eigenvalue weighted by Crippen LogP contribution is 2.05. The van der Waals surface area contributed by atoms with Crippen LogP contribution in [0.15, 0.2) is 22.9 Å². The van der Waals surface area contributed by atoms with Gasteiger partial charge in [0.25, 0.3) is 0 Å². The number of hydrogen-bond donors (Lipinski definition) is 2. The molecule has 0 bridgehead atoms. The fourth-order valence-corrected chi connectivity index (χ4v) is 1.34. The zero-order chi connectivity index (χ0) is 9.52. The minimum Gasteiger partial charge on any atom is -0.313 e. The first-order valence-corrected chi connectivity index (χ1v) is 5.67. The van der Waals surface area contributed by atoms with Crippen molar-refractivity contribution in [3.05, 3.63) is 28.5 Å². The maximum atomic E-state index is 4.14. The van der Waals surface area contributed by atoms with Crippen LogP contribution in [0, 0.1) is 0 Å². The van der Waals surface area contributed by atoms with Crippen molar-refractivity contribution in [1.82, 2.24) is 10.3 Å². The van der Waals surface area contributed by atoms with Gasteiger partial charge in [0, 0.05) is 12.7 Å². The van der Waals surface area contributed by atoms with Crippen molar-refractivity contribution in [3.63, 3.8) is 0 Å². The van der Waals surface area contributed by atoms with Crippen LogP contribution < -0.4 is 5.32 Å². The predicted octanol–water partition coefficient (Wildman–Crippen LogP) is 2.25. The molecule has 72 valence electrons. The van der Waals surface area contributed by atoms with E-state index >= 15 is 0 Å². The largest absolute Gasteiger partial charge is 0.313 e. The molecule has 0 atom stereocenters. The van der Waals surface area contributed by atoms with E-state index in [1.165, 1.54) is 5.56 Å². The molecule has 0 saturated carbocycles. The molecule has 4 heteroatoms. The maximum Gasteiger partial charge on any atom is 0.106 e. The minimum atomic E-state index is 0.881. The van der Waals surface area contributed by atoms with Crippen molar-refractivity contribution in [3.8, 4) is 0 Å². The van der Waals surface area contributed by atoms with Crippen molar-refractivity contribution >= 4 is 28.6 Å². The molecular weight excluding hydrogens is 248 g/mol. The van der Waals surface area contributed by atoms with E-state index in [2.05, 4.69) is 44.9 Å². The lowest BCUT2D eigenvalue weighted by Crippen LogP contribution is -2.15. The standard InChI is InChI=1S/C9H13BrN2S/c10-9-3-2-8(7-12-9)6-11-4-1-5-13/h2-3,7,11,13H,1,4-6H2. The second-order valence-corrected chi connectivity index (χ2v) is 4.00. The molecule has 0 fully saturated rings. The van der Waals surface area contributed by atoms with Crippen LogP contribution in [0.1, 0.15) is 12.0 Å². The Morgan fingerprint density at radius 1 is 1.46 bits per heavy atom. The monoisotopic (exact) mass is 260 g/mol. The molecule has 1 aromatic heterocycles. The molecule has 0 radical (unpaired) electrons. The van der Waals surface area contributed by atoms with Gasteiger partial charge in [0.15, 0.2) is 0 Å². The summed E-state index contributed by atoms with van der Waals surface area (Å²) in [5.74, 6) is 0.936. The molecule has 0 aliphatic heterocycles. The quantitative estimate of drug-likeness (QED) is 0.483. The van der Waals surface area contributed by atoms with Gasteiger partial charge >= 0.3 is 0 Å². The lowest BCUT2D eigenvalue weighted by atomic mass is 10.3. The van der Waals surface area contributed by atoms with Gasteiger partial charge in [-0.15, -0.1) is 0 Å². The number of hydrogen-bond acceptors (Lipinski definition) is 3. The molecule has 1 rings (SSSR count). The van der Waals surface area contributed by atoms with Crippen molar-refractivity contribution in [2.45, 2.75) is 13.0 Å². The summed E-state index contributed by atoms with van der Waals surface area (Å²) in [5, 5.41) is 3.32. The van der Waals surface area contributed by atoms with E-state index in [4.69, 9.17) is 0 Å². The smallest absolute Gasteiger partial charge is 0.106 e. The molecule has 0 aliphatic rings. The van der Waals surface area contributed by atoms with Crippen LogP contribution in [0.5, 0.6) is 0 Å². The summed E-state index contributed by atoms with van der Waals surface area (Å²) < 4.78 is 0.881. The van der Waals surface area contributed by atoms with Crippen LogP contribution >= 0.6 is 28.6 Å². The summed E-state index contributed by atoms with van der Waals surface area (Å²) in [4.78, 5) is 4.14. The van der Waals surface area contributed by atoms with Gasteiger partial charge in [0.1, 0.15) is 4.60 Å². The van der Waals surface area contributed by atoms with Gasteiger partial charge in [-0.25, -0.2) is 4.98 Å². The Kier molecular flexibility index (Phi) is 5.43. The summed E-state index contributed by atoms with van der Waals surface area (Å²) >= 11 is 7.43. The highest BCUT2D eigenvalue weighted by Gasteiger charge is 1.92. The zero-order valence-electron chi connectivity index (χ0n) is 7.33. The third-order valence-electron chi connectivity index (χ3n) is 1.63. The Morgan fingerprint density at radius 3 is 2.92 bits per heavy atom. The Morgan fingerprint density at radius 2 is 2.31 bits per heavy atom. The topological polar surface area (TPSA) is 24.9 Å². The van der Waals surface area contributed by atoms with E-state index in [1.807, 2.05) is 12.3 Å². The van der Waals surface area contributed by atoms with Crippen molar-refractivity contribution in [2.24, 2.45) is 0 Å². The average molecular weight is 261 g/mol. The number of nitrogens with one attached hydrogen (secondary N) is 1. The molecule has 0 spiro atoms. The van der Waals surface area contributed by atoms with Gasteiger partial charge in [0.05, 0.1) is 0 Å². The molecular formula is C9H13BrN2S. The van der Waals surface area contributed by atoms with Gasteiger partial charge in [-0.1, -0.05) is 6.07 Å². The highest BCUT2D eigenvalue weighted by atomic mass is 79.9. The first-order chi connectivity index (χ1) is 6.33. The number of rotatable bonds is 5. The molecule has 1 N–H and O–H groups in total. The number of nitrogens with zero attached hydrogens (tertiary/aromatic N) is 1. The van der Waals surface area contributed by atoms with Crippen LogP contribution in [-0.4, -0.2) is 17.3 Å². The van der Waals surface area contributed by atoms with E-state index in [0.717, 1.165) is 29.9 Å². The Balaban J connectivity index is 2.25. The van der Waals surface area contributed by atoms with Gasteiger partial charge in [-0.05, 0) is 46.3 Å². The lowest BCUT2D eigenvalue weighted by Gasteiger charge is -2.02. The molecule has 2 nitrogen and oxygen atoms in total. The molecule has 13 heavy (non-hydrogen) atoms. The van der Waals surface area contributed by atoms with Crippen molar-refractivity contribution in [2.75, 3.05) is 12.3 Å². The molecule has 0 aliphatic carbocycles. The van der Waals surface area contributed by atoms with Gasteiger partial charge in [0.2, 0.25) is 0 Å². The third-order valence-corrected chi connectivity index (χ3v) is 2.41. The summed E-state index contributed by atoms with van der Waals surface area (Å²) in [7, 11) is 0. The van der Waals surface area contributed by atoms with Gasteiger partial charge in [-0.2, -0.15) is 12.6 Å².